The summed E-state index contributed by atoms with van der Waals surface area (Å²) in [5.41, 5.74) is 2.74. The average Bonchev–Trinajstić information content (AvgIpc) is 2.80. The maximum Gasteiger partial charge on any atom is 0.408 e. The molecule has 0 spiro atoms. The zero-order chi connectivity index (χ0) is 27.9. The van der Waals surface area contributed by atoms with E-state index in [9.17, 15) is 14.4 Å². The summed E-state index contributed by atoms with van der Waals surface area (Å²) in [7, 11) is 0. The average molecular weight is 510 g/mol. The Labute approximate surface area is 222 Å². The molecule has 0 saturated carbocycles. The Kier molecular flexibility index (Phi) is 10.3. The van der Waals surface area contributed by atoms with Crippen LogP contribution >= 0.6 is 0 Å². The third-order valence-electron chi connectivity index (χ3n) is 6.05. The number of amides is 3. The van der Waals surface area contributed by atoms with E-state index in [1.165, 1.54) is 0 Å². The fraction of sp³-hybridized carbons (Fsp3) is 0.500. The molecule has 2 atom stereocenters. The van der Waals surface area contributed by atoms with Crippen molar-refractivity contribution in [2.75, 3.05) is 5.32 Å². The first-order valence-electron chi connectivity index (χ1n) is 13.0. The molecule has 2 unspecified atom stereocenters. The van der Waals surface area contributed by atoms with Crippen molar-refractivity contribution in [2.45, 2.75) is 92.5 Å². The number of rotatable bonds is 9. The summed E-state index contributed by atoms with van der Waals surface area (Å²) in [5.74, 6) is -0.899. The lowest BCUT2D eigenvalue weighted by atomic mass is 9.96. The molecular formula is C30H43N3O4. The molecule has 0 aromatic heterocycles. The van der Waals surface area contributed by atoms with Crippen LogP contribution in [-0.4, -0.2) is 40.5 Å². The molecular weight excluding hydrogens is 466 g/mol. The van der Waals surface area contributed by atoms with Gasteiger partial charge in [0.2, 0.25) is 5.91 Å². The SMILES string of the molecule is CCc1ccc(C(C(=O)Nc2ccccc2C)N(C(=O)C(NC(=O)OC(C)(C)C)C(C)C)C(C)C)cc1. The second-order valence-electron chi connectivity index (χ2n) is 11.0. The van der Waals surface area contributed by atoms with Crippen molar-refractivity contribution in [1.29, 1.82) is 0 Å². The molecule has 7 nitrogen and oxygen atoms in total. The van der Waals surface area contributed by atoms with Crippen LogP contribution in [0.3, 0.4) is 0 Å². The Balaban J connectivity index is 2.52. The fourth-order valence-corrected chi connectivity index (χ4v) is 4.08. The lowest BCUT2D eigenvalue weighted by Crippen LogP contribution is -2.56. The van der Waals surface area contributed by atoms with Gasteiger partial charge in [0.1, 0.15) is 17.7 Å². The largest absolute Gasteiger partial charge is 0.444 e. The Hall–Kier alpha value is -3.35. The third-order valence-corrected chi connectivity index (χ3v) is 6.05. The van der Waals surface area contributed by atoms with Gasteiger partial charge in [-0.1, -0.05) is 63.2 Å². The predicted octanol–water partition coefficient (Wildman–Crippen LogP) is 6.02. The summed E-state index contributed by atoms with van der Waals surface area (Å²) in [6.45, 7) is 16.8. The van der Waals surface area contributed by atoms with Gasteiger partial charge in [-0.05, 0) is 76.6 Å². The van der Waals surface area contributed by atoms with Crippen LogP contribution in [0.4, 0.5) is 10.5 Å². The Morgan fingerprint density at radius 3 is 2.03 bits per heavy atom. The van der Waals surface area contributed by atoms with Crippen LogP contribution in [-0.2, 0) is 20.7 Å². The Morgan fingerprint density at radius 2 is 1.54 bits per heavy atom. The van der Waals surface area contributed by atoms with Gasteiger partial charge in [0.25, 0.3) is 5.91 Å². The number of carbonyl (C=O) groups excluding carboxylic acids is 3. The second-order valence-corrected chi connectivity index (χ2v) is 11.0. The van der Waals surface area contributed by atoms with Gasteiger partial charge in [0.15, 0.2) is 0 Å². The molecule has 0 radical (unpaired) electrons. The quantitative estimate of drug-likeness (QED) is 0.432. The topological polar surface area (TPSA) is 87.7 Å². The van der Waals surface area contributed by atoms with Crippen molar-refractivity contribution in [3.63, 3.8) is 0 Å². The monoisotopic (exact) mass is 509 g/mol. The van der Waals surface area contributed by atoms with E-state index in [1.807, 2.05) is 83.1 Å². The second kappa shape index (κ2) is 12.7. The highest BCUT2D eigenvalue weighted by Crippen LogP contribution is 2.28. The maximum atomic E-state index is 14.1. The molecule has 0 saturated heterocycles. The van der Waals surface area contributed by atoms with Crippen molar-refractivity contribution in [1.82, 2.24) is 10.2 Å². The standard InChI is InChI=1S/C30H43N3O4/c1-10-22-15-17-23(18-16-22)26(27(34)31-24-14-12-11-13-21(24)6)33(20(4)5)28(35)25(19(2)3)32-29(36)37-30(7,8)9/h11-20,25-26H,10H2,1-9H3,(H,31,34)(H,32,36). The number of aryl methyl sites for hydroxylation is 2. The Bertz CT molecular complexity index is 1070. The molecule has 0 aliphatic carbocycles. The summed E-state index contributed by atoms with van der Waals surface area (Å²) < 4.78 is 5.42. The third kappa shape index (κ3) is 8.34. The van der Waals surface area contributed by atoms with Crippen LogP contribution in [0.2, 0.25) is 0 Å². The van der Waals surface area contributed by atoms with E-state index < -0.39 is 23.8 Å². The number of nitrogens with one attached hydrogen (secondary N) is 2. The molecule has 7 heteroatoms. The predicted molar refractivity (Wildman–Crippen MR) is 148 cm³/mol. The number of anilines is 1. The zero-order valence-corrected chi connectivity index (χ0v) is 23.7. The lowest BCUT2D eigenvalue weighted by molar-refractivity contribution is -0.143. The van der Waals surface area contributed by atoms with Crippen LogP contribution in [0.5, 0.6) is 0 Å². The van der Waals surface area contributed by atoms with E-state index in [1.54, 1.807) is 25.7 Å². The minimum Gasteiger partial charge on any atom is -0.444 e. The van der Waals surface area contributed by atoms with Crippen molar-refractivity contribution in [2.24, 2.45) is 5.92 Å². The van der Waals surface area contributed by atoms with Crippen LogP contribution in [0.25, 0.3) is 0 Å². The van der Waals surface area contributed by atoms with E-state index >= 15 is 0 Å². The van der Waals surface area contributed by atoms with Crippen LogP contribution in [0, 0.1) is 12.8 Å². The summed E-state index contributed by atoms with van der Waals surface area (Å²) in [5, 5.41) is 5.77. The molecule has 0 bridgehead atoms. The van der Waals surface area contributed by atoms with Gasteiger partial charge in [-0.2, -0.15) is 0 Å². The normalized spacial score (nSPS) is 13.2. The molecule has 2 aromatic carbocycles. The van der Waals surface area contributed by atoms with E-state index in [4.69, 9.17) is 4.74 Å². The van der Waals surface area contributed by atoms with Crippen molar-refractivity contribution < 1.29 is 19.1 Å². The van der Waals surface area contributed by atoms with Gasteiger partial charge in [-0.3, -0.25) is 9.59 Å². The lowest BCUT2D eigenvalue weighted by Gasteiger charge is -2.38. The van der Waals surface area contributed by atoms with Crippen molar-refractivity contribution in [3.8, 4) is 0 Å². The van der Waals surface area contributed by atoms with Gasteiger partial charge >= 0.3 is 6.09 Å². The van der Waals surface area contributed by atoms with Gasteiger partial charge in [0, 0.05) is 11.7 Å². The molecule has 0 aliphatic heterocycles. The highest BCUT2D eigenvalue weighted by Gasteiger charge is 2.39. The Morgan fingerprint density at radius 1 is 0.946 bits per heavy atom. The van der Waals surface area contributed by atoms with Crippen molar-refractivity contribution >= 4 is 23.6 Å². The molecule has 2 rings (SSSR count). The molecule has 0 aliphatic rings. The minimum atomic E-state index is -0.903. The smallest absolute Gasteiger partial charge is 0.408 e. The van der Waals surface area contributed by atoms with E-state index in [0.717, 1.165) is 17.5 Å². The molecule has 0 heterocycles. The highest BCUT2D eigenvalue weighted by atomic mass is 16.6. The van der Waals surface area contributed by atoms with Gasteiger partial charge in [0.05, 0.1) is 0 Å². The summed E-state index contributed by atoms with van der Waals surface area (Å²) in [6.07, 6.45) is 0.194. The van der Waals surface area contributed by atoms with Gasteiger partial charge in [-0.15, -0.1) is 0 Å². The minimum absolute atomic E-state index is 0.233. The van der Waals surface area contributed by atoms with Crippen LogP contribution in [0.15, 0.2) is 48.5 Å². The first-order valence-corrected chi connectivity index (χ1v) is 13.0. The fourth-order valence-electron chi connectivity index (χ4n) is 4.08. The number of nitrogens with zero attached hydrogens (tertiary/aromatic N) is 1. The number of hydrogen-bond donors (Lipinski definition) is 2. The van der Waals surface area contributed by atoms with Crippen molar-refractivity contribution in [3.05, 3.63) is 65.2 Å². The molecule has 202 valence electrons. The summed E-state index contributed by atoms with van der Waals surface area (Å²) in [4.78, 5) is 42.1. The zero-order valence-electron chi connectivity index (χ0n) is 23.7. The van der Waals surface area contributed by atoms with Gasteiger partial charge in [-0.25, -0.2) is 4.79 Å². The number of ether oxygens (including phenoxy) is 1. The number of hydrogen-bond acceptors (Lipinski definition) is 4. The van der Waals surface area contributed by atoms with Crippen LogP contribution in [0.1, 0.15) is 78.1 Å². The molecule has 3 amide bonds. The number of para-hydroxylation sites is 1. The highest BCUT2D eigenvalue weighted by molar-refractivity contribution is 5.99. The maximum absolute atomic E-state index is 14.1. The molecule has 2 aromatic rings. The number of benzene rings is 2. The van der Waals surface area contributed by atoms with E-state index in [-0.39, 0.29) is 23.8 Å². The first kappa shape index (κ1) is 29.9. The van der Waals surface area contributed by atoms with E-state index in [2.05, 4.69) is 17.6 Å². The summed E-state index contributed by atoms with van der Waals surface area (Å²) >= 11 is 0. The molecule has 0 fully saturated rings. The first-order chi connectivity index (χ1) is 17.2. The van der Waals surface area contributed by atoms with Gasteiger partial charge < -0.3 is 20.3 Å². The molecule has 2 N–H and O–H groups in total. The van der Waals surface area contributed by atoms with Crippen LogP contribution < -0.4 is 10.6 Å². The molecule has 37 heavy (non-hydrogen) atoms. The summed E-state index contributed by atoms with van der Waals surface area (Å²) in [6, 6.07) is 13.2. The van der Waals surface area contributed by atoms with E-state index in [0.29, 0.717) is 11.3 Å². The number of alkyl carbamates (subject to hydrolysis) is 1. The number of carbonyl (C=O) groups is 3.